The topological polar surface area (TPSA) is 27.1 Å². The minimum absolute atomic E-state index is 0.552. The molecule has 0 atom stereocenters. The third-order valence-electron chi connectivity index (χ3n) is 6.11. The largest absolute Gasteiger partial charge is 0.492 e. The smallest absolute Gasteiger partial charge is 0.127 e. The molecule has 5 aromatic rings. The van der Waals surface area contributed by atoms with Crippen molar-refractivity contribution in [2.45, 2.75) is 5.54 Å². The number of alkyl halides is 1. The van der Waals surface area contributed by atoms with Crippen LogP contribution in [0.25, 0.3) is 11.1 Å². The SMILES string of the molecule is BrCCOc1ccccc1-c1ccc(C(c2ccccc2)(c2ccccc2)n2ccnc2)cc1. The average molecular weight is 509 g/mol. The molecule has 34 heavy (non-hydrogen) atoms. The zero-order chi connectivity index (χ0) is 23.2. The van der Waals surface area contributed by atoms with Crippen molar-refractivity contribution in [2.75, 3.05) is 11.9 Å². The number of hydrogen-bond acceptors (Lipinski definition) is 2. The molecule has 0 bridgehead atoms. The highest BCUT2D eigenvalue weighted by molar-refractivity contribution is 9.09. The molecule has 0 radical (unpaired) electrons. The van der Waals surface area contributed by atoms with Gasteiger partial charge in [-0.15, -0.1) is 0 Å². The van der Waals surface area contributed by atoms with Crippen molar-refractivity contribution in [3.05, 3.63) is 145 Å². The Bertz CT molecular complexity index is 1280. The second kappa shape index (κ2) is 10.1. The van der Waals surface area contributed by atoms with Gasteiger partial charge in [-0.3, -0.25) is 0 Å². The van der Waals surface area contributed by atoms with Gasteiger partial charge < -0.3 is 9.30 Å². The second-order valence-electron chi connectivity index (χ2n) is 8.02. The molecule has 0 saturated carbocycles. The minimum atomic E-state index is -0.552. The molecule has 0 aliphatic heterocycles. The van der Waals surface area contributed by atoms with E-state index in [1.807, 2.05) is 36.9 Å². The Kier molecular flexibility index (Phi) is 6.59. The third kappa shape index (κ3) is 4.06. The third-order valence-corrected chi connectivity index (χ3v) is 6.43. The summed E-state index contributed by atoms with van der Waals surface area (Å²) in [4.78, 5) is 4.41. The predicted octanol–water partition coefficient (Wildman–Crippen LogP) is 7.16. The number of para-hydroxylation sites is 1. The molecule has 3 nitrogen and oxygen atoms in total. The maximum absolute atomic E-state index is 5.98. The van der Waals surface area contributed by atoms with Gasteiger partial charge in [-0.1, -0.05) is 119 Å². The maximum Gasteiger partial charge on any atom is 0.127 e. The lowest BCUT2D eigenvalue weighted by Crippen LogP contribution is -2.36. The Hall–Kier alpha value is -3.63. The van der Waals surface area contributed by atoms with E-state index < -0.39 is 5.54 Å². The van der Waals surface area contributed by atoms with Crippen LogP contribution in [0.2, 0.25) is 0 Å². The molecule has 4 heteroatoms. The van der Waals surface area contributed by atoms with Crippen LogP contribution in [0.4, 0.5) is 0 Å². The van der Waals surface area contributed by atoms with Gasteiger partial charge in [0.2, 0.25) is 0 Å². The van der Waals surface area contributed by atoms with Crippen LogP contribution < -0.4 is 4.74 Å². The lowest BCUT2D eigenvalue weighted by atomic mass is 9.76. The van der Waals surface area contributed by atoms with Crippen LogP contribution in [0.3, 0.4) is 0 Å². The summed E-state index contributed by atoms with van der Waals surface area (Å²) in [6, 6.07) is 38.2. The first kappa shape index (κ1) is 22.2. The van der Waals surface area contributed by atoms with Crippen molar-refractivity contribution in [1.29, 1.82) is 0 Å². The Morgan fingerprint density at radius 1 is 0.706 bits per heavy atom. The van der Waals surface area contributed by atoms with Crippen LogP contribution in [0, 0.1) is 0 Å². The summed E-state index contributed by atoms with van der Waals surface area (Å²) in [5.41, 5.74) is 5.16. The van der Waals surface area contributed by atoms with Crippen molar-refractivity contribution in [3.8, 4) is 16.9 Å². The lowest BCUT2D eigenvalue weighted by molar-refractivity contribution is 0.346. The number of hydrogen-bond donors (Lipinski definition) is 0. The van der Waals surface area contributed by atoms with Crippen molar-refractivity contribution in [2.24, 2.45) is 0 Å². The molecule has 0 aliphatic carbocycles. The number of rotatable bonds is 8. The molecule has 168 valence electrons. The van der Waals surface area contributed by atoms with E-state index in [9.17, 15) is 0 Å². The summed E-state index contributed by atoms with van der Waals surface area (Å²) in [5, 5.41) is 0.794. The standard InChI is InChI=1S/C30H25BrN2O/c31-19-22-34-29-14-8-7-13-28(29)24-15-17-27(18-16-24)30(33-21-20-32-23-33,25-9-3-1-4-10-25)26-11-5-2-6-12-26/h1-18,20-21,23H,19,22H2. The van der Waals surface area contributed by atoms with Crippen LogP contribution in [0.5, 0.6) is 5.75 Å². The van der Waals surface area contributed by atoms with Crippen molar-refractivity contribution >= 4 is 15.9 Å². The van der Waals surface area contributed by atoms with Gasteiger partial charge in [0.25, 0.3) is 0 Å². The zero-order valence-corrected chi connectivity index (χ0v) is 20.3. The Morgan fingerprint density at radius 3 is 1.88 bits per heavy atom. The fourth-order valence-corrected chi connectivity index (χ4v) is 4.80. The monoisotopic (exact) mass is 508 g/mol. The Morgan fingerprint density at radius 2 is 1.29 bits per heavy atom. The van der Waals surface area contributed by atoms with Gasteiger partial charge >= 0.3 is 0 Å². The average Bonchev–Trinajstić information content (AvgIpc) is 3.45. The van der Waals surface area contributed by atoms with Crippen LogP contribution >= 0.6 is 15.9 Å². The predicted molar refractivity (Wildman–Crippen MR) is 142 cm³/mol. The van der Waals surface area contributed by atoms with E-state index in [1.54, 1.807) is 0 Å². The van der Waals surface area contributed by atoms with E-state index in [4.69, 9.17) is 4.74 Å². The zero-order valence-electron chi connectivity index (χ0n) is 18.7. The van der Waals surface area contributed by atoms with E-state index >= 15 is 0 Å². The van der Waals surface area contributed by atoms with Crippen LogP contribution in [0.15, 0.2) is 128 Å². The van der Waals surface area contributed by atoms with Crippen molar-refractivity contribution < 1.29 is 4.74 Å². The molecule has 0 fully saturated rings. The van der Waals surface area contributed by atoms with Crippen LogP contribution in [0.1, 0.15) is 16.7 Å². The highest BCUT2D eigenvalue weighted by Crippen LogP contribution is 2.41. The second-order valence-corrected chi connectivity index (χ2v) is 8.82. The van der Waals surface area contributed by atoms with Gasteiger partial charge in [-0.05, 0) is 28.3 Å². The molecule has 5 rings (SSSR count). The molecule has 0 N–H and O–H groups in total. The molecular formula is C30H25BrN2O. The van der Waals surface area contributed by atoms with Gasteiger partial charge in [0.15, 0.2) is 0 Å². The first-order valence-electron chi connectivity index (χ1n) is 11.3. The van der Waals surface area contributed by atoms with E-state index in [0.29, 0.717) is 6.61 Å². The molecule has 4 aromatic carbocycles. The van der Waals surface area contributed by atoms with Gasteiger partial charge in [0.1, 0.15) is 11.3 Å². The van der Waals surface area contributed by atoms with E-state index in [2.05, 4.69) is 116 Å². The molecule has 0 unspecified atom stereocenters. The van der Waals surface area contributed by atoms with Gasteiger partial charge in [-0.25, -0.2) is 4.98 Å². The molecule has 0 aliphatic rings. The van der Waals surface area contributed by atoms with Crippen LogP contribution in [-0.2, 0) is 5.54 Å². The van der Waals surface area contributed by atoms with Crippen molar-refractivity contribution in [3.63, 3.8) is 0 Å². The molecule has 0 spiro atoms. The number of ether oxygens (including phenoxy) is 1. The maximum atomic E-state index is 5.98. The number of imidazole rings is 1. The molecule has 1 aromatic heterocycles. The number of benzene rings is 4. The number of halogens is 1. The summed E-state index contributed by atoms with van der Waals surface area (Å²) in [6.45, 7) is 0.626. The van der Waals surface area contributed by atoms with Crippen molar-refractivity contribution in [1.82, 2.24) is 9.55 Å². The molecular weight excluding hydrogens is 484 g/mol. The molecule has 0 saturated heterocycles. The van der Waals surface area contributed by atoms with Gasteiger partial charge in [-0.2, -0.15) is 0 Å². The quantitative estimate of drug-likeness (QED) is 0.164. The van der Waals surface area contributed by atoms with Gasteiger partial charge in [0, 0.05) is 23.3 Å². The summed E-state index contributed by atoms with van der Waals surface area (Å²) < 4.78 is 8.17. The first-order valence-corrected chi connectivity index (χ1v) is 12.4. The van der Waals surface area contributed by atoms with Gasteiger partial charge in [0.05, 0.1) is 12.9 Å². The van der Waals surface area contributed by atoms with E-state index in [0.717, 1.165) is 27.8 Å². The highest BCUT2D eigenvalue weighted by Gasteiger charge is 2.38. The summed E-state index contributed by atoms with van der Waals surface area (Å²) >= 11 is 3.45. The summed E-state index contributed by atoms with van der Waals surface area (Å²) in [5.74, 6) is 0.890. The van der Waals surface area contributed by atoms with E-state index in [-0.39, 0.29) is 0 Å². The molecule has 0 amide bonds. The highest BCUT2D eigenvalue weighted by atomic mass is 79.9. The summed E-state index contributed by atoms with van der Waals surface area (Å²) in [6.07, 6.45) is 5.78. The number of aromatic nitrogens is 2. The number of nitrogens with zero attached hydrogens (tertiary/aromatic N) is 2. The van der Waals surface area contributed by atoms with Crippen LogP contribution in [-0.4, -0.2) is 21.5 Å². The fraction of sp³-hybridized carbons (Fsp3) is 0.100. The normalized spacial score (nSPS) is 11.3. The van der Waals surface area contributed by atoms with E-state index in [1.165, 1.54) is 11.1 Å². The Balaban J connectivity index is 1.69. The fourth-order valence-electron chi connectivity index (χ4n) is 4.63. The first-order chi connectivity index (χ1) is 16.8. The molecule has 1 heterocycles. The minimum Gasteiger partial charge on any atom is -0.492 e. The summed E-state index contributed by atoms with van der Waals surface area (Å²) in [7, 11) is 0. The Labute approximate surface area is 208 Å². The lowest BCUT2D eigenvalue weighted by Gasteiger charge is -2.37.